The Labute approximate surface area is 586 Å². The zero-order valence-electron chi connectivity index (χ0n) is 52.8. The third-order valence-corrected chi connectivity index (χ3v) is 13.8. The number of hydrogen-bond acceptors (Lipinski definition) is 18. The van der Waals surface area contributed by atoms with E-state index in [1.165, 1.54) is 61.3 Å². The number of hydrogen-bond donors (Lipinski definition) is 2. The summed E-state index contributed by atoms with van der Waals surface area (Å²) < 4.78 is 28.9. The van der Waals surface area contributed by atoms with Gasteiger partial charge >= 0.3 is 23.1 Å². The monoisotopic (exact) mass is 1440 g/mol. The van der Waals surface area contributed by atoms with Crippen molar-refractivity contribution in [3.05, 3.63) is 209 Å². The minimum absolute atomic E-state index is 0. The number of ketones is 2. The average molecular weight is 1440 g/mol. The predicted molar refractivity (Wildman–Crippen MR) is 370 cm³/mol. The van der Waals surface area contributed by atoms with Gasteiger partial charge < -0.3 is 48.6 Å². The topological polar surface area (TPSA) is 263 Å². The van der Waals surface area contributed by atoms with Crippen LogP contribution in [-0.4, -0.2) is 166 Å². The van der Waals surface area contributed by atoms with Crippen LogP contribution in [0.2, 0.25) is 0 Å². The van der Waals surface area contributed by atoms with Crippen molar-refractivity contribution in [2.24, 2.45) is 0 Å². The van der Waals surface area contributed by atoms with Gasteiger partial charge in [0.25, 0.3) is 11.5 Å². The molecular weight excluding hydrogens is 1370 g/mol. The summed E-state index contributed by atoms with van der Waals surface area (Å²) in [7, 11) is 10.9. The van der Waals surface area contributed by atoms with Crippen molar-refractivity contribution < 1.29 is 55.4 Å². The van der Waals surface area contributed by atoms with Gasteiger partial charge in [0, 0.05) is 88.2 Å². The van der Waals surface area contributed by atoms with E-state index in [1.54, 1.807) is 67.2 Å². The van der Waals surface area contributed by atoms with Crippen LogP contribution in [0.15, 0.2) is 176 Å². The van der Waals surface area contributed by atoms with Crippen molar-refractivity contribution in [2.75, 3.05) is 62.9 Å². The molecule has 13 rings (SSSR count). The molecule has 490 valence electrons. The van der Waals surface area contributed by atoms with Gasteiger partial charge in [-0.15, -0.1) is 12.4 Å². The molecule has 1 fully saturated rings. The molecule has 1 aliphatic rings. The fourth-order valence-electron chi connectivity index (χ4n) is 8.74. The van der Waals surface area contributed by atoms with Crippen LogP contribution >= 0.6 is 35.0 Å². The number of imidazole rings is 4. The Morgan fingerprint density at radius 3 is 1.22 bits per heavy atom. The third-order valence-electron chi connectivity index (χ3n) is 13.2. The average Bonchev–Trinajstić information content (AvgIpc) is 1.66. The van der Waals surface area contributed by atoms with Crippen molar-refractivity contribution in [3.63, 3.8) is 0 Å². The van der Waals surface area contributed by atoms with Gasteiger partial charge in [-0.25, -0.2) is 45.4 Å². The Kier molecular flexibility index (Phi) is 33.1. The second-order valence-corrected chi connectivity index (χ2v) is 20.1. The van der Waals surface area contributed by atoms with E-state index in [0.717, 1.165) is 66.9 Å². The number of benzene rings is 4. The van der Waals surface area contributed by atoms with Crippen LogP contribution in [-0.2, 0) is 14.4 Å². The number of ether oxygens (including phenoxy) is 4. The second-order valence-electron chi connectivity index (χ2n) is 19.0. The number of Topliss-reactive ketones (excluding diaryl/α,β-unsaturated/α-hetero) is 2. The molecule has 4 aromatic carbocycles. The minimum Gasteiger partial charge on any atom is -1.00 e. The molecule has 0 bridgehead atoms. The van der Waals surface area contributed by atoms with Gasteiger partial charge in [0.15, 0.2) is 17.3 Å². The standard InChI is InChI=1S/C16H16N4O3.C15H13N3O2.C14H11N3O2.C13H10IN3O.C4H8O.C2H7NO.CH4.CH3.2ClH.Mg/c1-19(23-3)16(21)12-10-20-13(15(18-12)22-2)9-17-14(20)11-7-5-4-6-8-11;1-10(19)12-9-18-13(15(17-12)20-2)8-16-14(18)11-6-4-3-5-7-11;1-9(18)11-8-17-12(14(19)16-11)7-15-13(17)10-5-3-2-4-6-10;1-18-13-10-7-15-12(9-5-3-2-4-6-9)17(10)8-11(14)16-13;1-2-4-5-3-1;1-3-4-2;;;;;/h4-10H,1-3H3;3-9H,1-2H3;2-8H,1H3,(H,16,19);2-8H,1H3;1-4H2;3H,1-2H3;1H4;1H3;2*1H;/q;;;;;;;-1;;;+2/p-1. The van der Waals surface area contributed by atoms with Gasteiger partial charge in [-0.05, 0) is 35.4 Å². The quantitative estimate of drug-likeness (QED) is 0.0383. The fraction of sp³-hybridized carbons (Fsp3) is 0.212. The van der Waals surface area contributed by atoms with Crippen LogP contribution in [0.3, 0.4) is 0 Å². The first kappa shape index (κ1) is 79.5. The number of aromatic nitrogens is 12. The van der Waals surface area contributed by atoms with E-state index in [-0.39, 0.29) is 97.1 Å². The van der Waals surface area contributed by atoms with Gasteiger partial charge in [0.1, 0.15) is 60.5 Å². The number of methoxy groups -OCH3 is 3. The molecule has 1 aliphatic heterocycles. The van der Waals surface area contributed by atoms with Gasteiger partial charge in [-0.1, -0.05) is 129 Å². The van der Waals surface area contributed by atoms with Crippen LogP contribution in [0, 0.1) is 11.1 Å². The molecule has 94 heavy (non-hydrogen) atoms. The molecule has 0 spiro atoms. The summed E-state index contributed by atoms with van der Waals surface area (Å²) in [5.74, 6) is 3.64. The van der Waals surface area contributed by atoms with Crippen LogP contribution in [0.5, 0.6) is 17.6 Å². The maximum absolute atomic E-state index is 12.3. The number of aromatic amines is 1. The Morgan fingerprint density at radius 1 is 0.553 bits per heavy atom. The molecular formula is C66H73Cl2IMgN14O10. The Hall–Kier alpha value is -8.71. The number of nitrogens with one attached hydrogen (secondary N) is 2. The summed E-state index contributed by atoms with van der Waals surface area (Å²) in [6, 6.07) is 39.0. The molecule has 0 unspecified atom stereocenters. The first-order valence-corrected chi connectivity index (χ1v) is 28.7. The summed E-state index contributed by atoms with van der Waals surface area (Å²) in [6.07, 6.45) is 16.1. The van der Waals surface area contributed by atoms with Crippen molar-refractivity contribution >= 4 is 97.6 Å². The summed E-state index contributed by atoms with van der Waals surface area (Å²) in [5, 5.41) is 1.10. The molecule has 0 radical (unpaired) electrons. The number of amides is 1. The van der Waals surface area contributed by atoms with Gasteiger partial charge in [0.2, 0.25) is 17.6 Å². The number of H-pyrrole nitrogens is 1. The van der Waals surface area contributed by atoms with Crippen LogP contribution in [0.1, 0.15) is 65.6 Å². The minimum atomic E-state index is -0.375. The second kappa shape index (κ2) is 39.1. The van der Waals surface area contributed by atoms with Crippen molar-refractivity contribution in [2.45, 2.75) is 34.1 Å². The van der Waals surface area contributed by atoms with Crippen LogP contribution < -0.4 is 37.7 Å². The van der Waals surface area contributed by atoms with Crippen molar-refractivity contribution in [1.29, 1.82) is 0 Å². The first-order valence-electron chi connectivity index (χ1n) is 27.6. The Bertz CT molecular complexity index is 4380. The molecule has 28 heteroatoms. The Morgan fingerprint density at radius 2 is 0.894 bits per heavy atom. The molecule has 0 atom stereocenters. The summed E-state index contributed by atoms with van der Waals surface area (Å²) >= 11 is 2.17. The van der Waals surface area contributed by atoms with E-state index in [4.69, 9.17) is 23.8 Å². The van der Waals surface area contributed by atoms with Gasteiger partial charge in [-0.3, -0.25) is 41.6 Å². The molecule has 2 N–H and O–H groups in total. The van der Waals surface area contributed by atoms with Crippen molar-refractivity contribution in [3.8, 4) is 63.2 Å². The molecule has 0 aliphatic carbocycles. The number of carbonyl (C=O) groups excluding carboxylic acids is 3. The molecule has 9 heterocycles. The van der Waals surface area contributed by atoms with Gasteiger partial charge in [-0.2, -0.15) is 0 Å². The zero-order chi connectivity index (χ0) is 63.4. The fourth-order valence-corrected chi connectivity index (χ4v) is 9.24. The predicted octanol–water partition coefficient (Wildman–Crippen LogP) is 8.24. The third kappa shape index (κ3) is 19.7. The van der Waals surface area contributed by atoms with E-state index >= 15 is 0 Å². The SMILES string of the molecule is C.C1CCOC1.CC(=O)c1cn2c(-c3ccccc3)ncc2c(=O)[nH]1.CNOC.COc1nc(C(=O)N(C)OC)cn2c(-c3ccccc3)ncc12.COc1nc(C(C)=O)cn2c(-c3ccccc3)ncc12.COc1nc(I)cn2c(-c3ccccc3)ncc12.Cl.[CH3-].[Cl-].[Mg+2]. The molecule has 0 saturated carbocycles. The number of halogens is 3. The van der Waals surface area contributed by atoms with Crippen LogP contribution in [0.25, 0.3) is 67.6 Å². The smallest absolute Gasteiger partial charge is 1.00 e. The van der Waals surface area contributed by atoms with E-state index in [0.29, 0.717) is 46.0 Å². The zero-order valence-corrected chi connectivity index (χ0v) is 58.0. The number of fused-ring (bicyclic) bond motifs is 4. The number of hydroxylamine groups is 3. The maximum Gasteiger partial charge on any atom is 2.00 e. The summed E-state index contributed by atoms with van der Waals surface area (Å²) in [6.45, 7) is 4.89. The normalized spacial score (nSPS) is 10.7. The van der Waals surface area contributed by atoms with E-state index in [9.17, 15) is 19.2 Å². The number of carbonyl (C=O) groups is 3. The number of nitrogens with zero attached hydrogens (tertiary/aromatic N) is 12. The maximum atomic E-state index is 12.3. The Balaban J connectivity index is 0.000000308. The van der Waals surface area contributed by atoms with E-state index < -0.39 is 0 Å². The first-order chi connectivity index (χ1) is 43.2. The van der Waals surface area contributed by atoms with E-state index in [1.807, 2.05) is 136 Å². The van der Waals surface area contributed by atoms with Crippen LogP contribution in [0.4, 0.5) is 0 Å². The molecule has 1 saturated heterocycles. The molecule has 24 nitrogen and oxygen atoms in total. The summed E-state index contributed by atoms with van der Waals surface area (Å²) in [4.78, 5) is 89.2. The van der Waals surface area contributed by atoms with Gasteiger partial charge in [0.05, 0.1) is 60.3 Å². The van der Waals surface area contributed by atoms with Crippen molar-refractivity contribution in [1.82, 2.24) is 68.0 Å². The largest absolute Gasteiger partial charge is 2.00 e. The molecule has 1 amide bonds. The molecule has 8 aromatic heterocycles. The molecule has 12 aromatic rings. The van der Waals surface area contributed by atoms with E-state index in [2.05, 4.69) is 72.8 Å². The summed E-state index contributed by atoms with van der Waals surface area (Å²) in [5.41, 5.74) is 9.51. The number of rotatable bonds is 12.